The molecule has 1 aromatic rings. The Morgan fingerprint density at radius 2 is 2.13 bits per heavy atom. The molecule has 9 heteroatoms. The molecule has 2 N–H and O–H groups in total. The number of aromatic nitrogens is 1. The molecule has 1 fully saturated rings. The van der Waals surface area contributed by atoms with E-state index in [1.165, 1.54) is 18.5 Å². The molecule has 0 aromatic carbocycles. The topological polar surface area (TPSA) is 88.6 Å². The number of aliphatic imine (C=N–C) groups is 1. The summed E-state index contributed by atoms with van der Waals surface area (Å²) in [5, 5.41) is 0. The average Bonchev–Trinajstić information content (AvgIpc) is 3.50. The fraction of sp³-hybridized carbons (Fsp3) is 0.455. The van der Waals surface area contributed by atoms with Gasteiger partial charge in [0.15, 0.2) is 5.78 Å². The van der Waals surface area contributed by atoms with Crippen molar-refractivity contribution >= 4 is 18.0 Å². The van der Waals surface area contributed by atoms with Gasteiger partial charge in [0.2, 0.25) is 0 Å². The van der Waals surface area contributed by atoms with Gasteiger partial charge in [0, 0.05) is 41.6 Å². The highest BCUT2D eigenvalue weighted by atomic mass is 19.4. The first-order valence-corrected chi connectivity index (χ1v) is 10.1. The van der Waals surface area contributed by atoms with Gasteiger partial charge in [0.05, 0.1) is 18.9 Å². The van der Waals surface area contributed by atoms with Crippen molar-refractivity contribution in [3.63, 3.8) is 0 Å². The molecule has 0 bridgehead atoms. The van der Waals surface area contributed by atoms with Crippen LogP contribution in [0.15, 0.2) is 40.7 Å². The molecular weight excluding hydrogens is 409 g/mol. The Hall–Kier alpha value is -2.97. The first kappa shape index (κ1) is 22.7. The molecule has 0 radical (unpaired) electrons. The van der Waals surface area contributed by atoms with Crippen molar-refractivity contribution in [2.75, 3.05) is 6.54 Å². The predicted octanol–water partition coefficient (Wildman–Crippen LogP) is 3.56. The van der Waals surface area contributed by atoms with Crippen molar-refractivity contribution in [3.05, 3.63) is 52.5 Å². The molecular formula is C22H25F3N4O2. The van der Waals surface area contributed by atoms with Crippen LogP contribution < -0.4 is 5.73 Å². The number of nitrogens with two attached hydrogens (primary N) is 1. The van der Waals surface area contributed by atoms with Crippen LogP contribution in [0, 0.1) is 12.8 Å². The number of halogens is 3. The van der Waals surface area contributed by atoms with Gasteiger partial charge < -0.3 is 10.6 Å². The maximum atomic E-state index is 13.1. The molecule has 166 valence electrons. The number of carbonyl (C=O) groups excluding carboxylic acids is 2. The number of alkyl halides is 3. The number of pyridine rings is 1. The van der Waals surface area contributed by atoms with Crippen molar-refractivity contribution in [3.8, 4) is 0 Å². The summed E-state index contributed by atoms with van der Waals surface area (Å²) in [7, 11) is 0. The van der Waals surface area contributed by atoms with Crippen LogP contribution in [0.1, 0.15) is 49.0 Å². The molecule has 2 aliphatic rings. The number of hydrogen-bond acceptors (Lipinski definition) is 4. The Bertz CT molecular complexity index is 962. The summed E-state index contributed by atoms with van der Waals surface area (Å²) in [5.41, 5.74) is 7.73. The van der Waals surface area contributed by atoms with Crippen LogP contribution in [-0.2, 0) is 16.0 Å². The van der Waals surface area contributed by atoms with Crippen molar-refractivity contribution in [1.82, 2.24) is 9.88 Å². The van der Waals surface area contributed by atoms with Crippen molar-refractivity contribution in [2.45, 2.75) is 51.7 Å². The van der Waals surface area contributed by atoms with E-state index in [4.69, 9.17) is 5.73 Å². The molecule has 6 nitrogen and oxygen atoms in total. The number of rotatable bonds is 8. The van der Waals surface area contributed by atoms with Gasteiger partial charge in [-0.1, -0.05) is 6.07 Å². The quantitative estimate of drug-likeness (QED) is 0.501. The van der Waals surface area contributed by atoms with E-state index in [1.54, 1.807) is 17.9 Å². The summed E-state index contributed by atoms with van der Waals surface area (Å²) in [5.74, 6) is -0.341. The summed E-state index contributed by atoms with van der Waals surface area (Å²) in [6.45, 7) is 3.70. The molecule has 0 spiro atoms. The molecule has 31 heavy (non-hydrogen) atoms. The van der Waals surface area contributed by atoms with Crippen LogP contribution in [0.3, 0.4) is 0 Å². The first-order chi connectivity index (χ1) is 14.6. The molecule has 1 saturated carbocycles. The van der Waals surface area contributed by atoms with Gasteiger partial charge in [-0.3, -0.25) is 14.6 Å². The number of amides is 1. The average molecular weight is 434 g/mol. The Morgan fingerprint density at radius 3 is 2.71 bits per heavy atom. The Kier molecular flexibility index (Phi) is 6.62. The molecule has 1 aliphatic heterocycles. The molecule has 3 rings (SSSR count). The maximum absolute atomic E-state index is 13.1. The highest BCUT2D eigenvalue weighted by Gasteiger charge is 2.40. The van der Waals surface area contributed by atoms with E-state index in [2.05, 4.69) is 9.98 Å². The molecule has 1 atom stereocenters. The van der Waals surface area contributed by atoms with Crippen LogP contribution in [0.5, 0.6) is 0 Å². The second-order valence-electron chi connectivity index (χ2n) is 7.90. The molecule has 1 unspecified atom stereocenters. The molecule has 2 heterocycles. The van der Waals surface area contributed by atoms with Crippen LogP contribution in [0.2, 0.25) is 0 Å². The molecule has 1 aromatic heterocycles. The van der Waals surface area contributed by atoms with Gasteiger partial charge in [-0.05, 0) is 50.3 Å². The van der Waals surface area contributed by atoms with Crippen LogP contribution >= 0.6 is 0 Å². The summed E-state index contributed by atoms with van der Waals surface area (Å²) in [4.78, 5) is 35.3. The third-order valence-corrected chi connectivity index (χ3v) is 5.61. The lowest BCUT2D eigenvalue weighted by molar-refractivity contribution is -0.134. The summed E-state index contributed by atoms with van der Waals surface area (Å²) < 4.78 is 37.5. The number of ketones is 1. The Morgan fingerprint density at radius 1 is 1.42 bits per heavy atom. The fourth-order valence-corrected chi connectivity index (χ4v) is 3.62. The lowest BCUT2D eigenvalue weighted by Crippen LogP contribution is -2.31. The Balaban J connectivity index is 1.80. The van der Waals surface area contributed by atoms with E-state index < -0.39 is 18.6 Å². The SMILES string of the molecule is Cc1cc(C(C)N2CC(C(=O)C3CC3)=C(/C=C\N=C\N)C2=O)cnc1CCC(F)(F)F. The van der Waals surface area contributed by atoms with Crippen molar-refractivity contribution in [1.29, 1.82) is 0 Å². The molecule has 0 saturated heterocycles. The highest BCUT2D eigenvalue weighted by molar-refractivity contribution is 6.12. The lowest BCUT2D eigenvalue weighted by atomic mass is 10.0. The lowest BCUT2D eigenvalue weighted by Gasteiger charge is -2.26. The second kappa shape index (κ2) is 9.03. The number of nitrogens with zero attached hydrogens (tertiary/aromatic N) is 3. The smallest absolute Gasteiger partial charge is 0.389 e. The summed E-state index contributed by atoms with van der Waals surface area (Å²) in [6.07, 6.45) is 1.76. The predicted molar refractivity (Wildman–Crippen MR) is 110 cm³/mol. The van der Waals surface area contributed by atoms with E-state index in [0.717, 1.165) is 19.2 Å². The van der Waals surface area contributed by atoms with Gasteiger partial charge in [-0.25, -0.2) is 4.99 Å². The zero-order valence-electron chi connectivity index (χ0n) is 17.4. The third kappa shape index (κ3) is 5.39. The van der Waals surface area contributed by atoms with Gasteiger partial charge in [-0.2, -0.15) is 13.2 Å². The van der Waals surface area contributed by atoms with Crippen molar-refractivity contribution < 1.29 is 22.8 Å². The fourth-order valence-electron chi connectivity index (χ4n) is 3.62. The van der Waals surface area contributed by atoms with E-state index in [9.17, 15) is 22.8 Å². The van der Waals surface area contributed by atoms with E-state index >= 15 is 0 Å². The molecule has 1 aliphatic carbocycles. The number of Topliss-reactive ketones (excluding diaryl/α,β-unsaturated/α-hetero) is 1. The largest absolute Gasteiger partial charge is 0.390 e. The second-order valence-corrected chi connectivity index (χ2v) is 7.90. The van der Waals surface area contributed by atoms with Gasteiger partial charge in [0.1, 0.15) is 0 Å². The number of aryl methyl sites for hydroxylation is 2. The standard InChI is InChI=1S/C22H25F3N4O2/c1-13-9-16(10-28-19(13)5-7-22(23,24)25)14(2)29-11-18(20(30)15-3-4-15)17(21(29)31)6-8-27-12-26/h6,8-10,12,14-15H,3-5,7,11H2,1-2H3,(H2,26,27)/b8-6-. The van der Waals surface area contributed by atoms with Gasteiger partial charge in [0.25, 0.3) is 5.91 Å². The first-order valence-electron chi connectivity index (χ1n) is 10.1. The highest BCUT2D eigenvalue weighted by Crippen LogP contribution is 2.37. The third-order valence-electron chi connectivity index (χ3n) is 5.61. The summed E-state index contributed by atoms with van der Waals surface area (Å²) in [6, 6.07) is 1.35. The molecule has 1 amide bonds. The van der Waals surface area contributed by atoms with Gasteiger partial charge >= 0.3 is 6.18 Å². The minimum Gasteiger partial charge on any atom is -0.390 e. The van der Waals surface area contributed by atoms with E-state index in [1.807, 2.05) is 6.92 Å². The Labute approximate surface area is 178 Å². The summed E-state index contributed by atoms with van der Waals surface area (Å²) >= 11 is 0. The van der Waals surface area contributed by atoms with Crippen molar-refractivity contribution in [2.24, 2.45) is 16.6 Å². The van der Waals surface area contributed by atoms with E-state index in [-0.39, 0.29) is 30.6 Å². The zero-order chi connectivity index (χ0) is 22.8. The zero-order valence-corrected chi connectivity index (χ0v) is 17.4. The van der Waals surface area contributed by atoms with Crippen LogP contribution in [-0.4, -0.2) is 40.6 Å². The van der Waals surface area contributed by atoms with E-state index in [0.29, 0.717) is 28.0 Å². The minimum absolute atomic E-state index is 0.0174. The van der Waals surface area contributed by atoms with Gasteiger partial charge in [-0.15, -0.1) is 0 Å². The maximum Gasteiger partial charge on any atom is 0.389 e. The monoisotopic (exact) mass is 434 g/mol. The van der Waals surface area contributed by atoms with Crippen LogP contribution in [0.25, 0.3) is 0 Å². The minimum atomic E-state index is -4.24. The normalized spacial score (nSPS) is 18.6. The van der Waals surface area contributed by atoms with Crippen LogP contribution in [0.4, 0.5) is 13.2 Å². The number of carbonyl (C=O) groups is 2. The number of hydrogen-bond donors (Lipinski definition) is 1.